The molecule has 1 heteroatoms. The molecule has 27 heavy (non-hydrogen) atoms. The van der Waals surface area contributed by atoms with Crippen LogP contribution < -0.4 is 0 Å². The molecule has 0 fully saturated rings. The van der Waals surface area contributed by atoms with Crippen LogP contribution in [0.1, 0.15) is 50.3 Å². The number of fused-ring (bicyclic) bond motifs is 3. The summed E-state index contributed by atoms with van der Waals surface area (Å²) >= 11 is 2.42. The Morgan fingerprint density at radius 1 is 1.04 bits per heavy atom. The molecule has 0 bridgehead atoms. The first-order chi connectivity index (χ1) is 13.0. The summed E-state index contributed by atoms with van der Waals surface area (Å²) in [5.41, 5.74) is 11.1. The van der Waals surface area contributed by atoms with E-state index in [1.54, 1.807) is 0 Å². The van der Waals surface area contributed by atoms with Crippen LogP contribution in [0.3, 0.4) is 0 Å². The minimum absolute atomic E-state index is 0.0367. The van der Waals surface area contributed by atoms with Gasteiger partial charge in [-0.2, -0.15) is 0 Å². The van der Waals surface area contributed by atoms with E-state index in [1.165, 1.54) is 48.1 Å². The first kappa shape index (κ1) is 18.5. The molecule has 2 aromatic carbocycles. The van der Waals surface area contributed by atoms with E-state index in [0.717, 1.165) is 12.8 Å². The van der Waals surface area contributed by atoms with Crippen LogP contribution in [0.4, 0.5) is 0 Å². The van der Waals surface area contributed by atoms with Crippen molar-refractivity contribution in [1.29, 1.82) is 0 Å². The highest BCUT2D eigenvalue weighted by Gasteiger charge is 2.35. The Hall–Kier alpha value is -1.87. The number of allylic oxidation sites excluding steroid dienone is 7. The van der Waals surface area contributed by atoms with E-state index in [-0.39, 0.29) is 5.41 Å². The van der Waals surface area contributed by atoms with Crippen molar-refractivity contribution in [1.82, 2.24) is 0 Å². The van der Waals surface area contributed by atoms with Gasteiger partial charge in [-0.3, -0.25) is 0 Å². The highest BCUT2D eigenvalue weighted by molar-refractivity contribution is 14.1. The molecule has 0 radical (unpaired) electrons. The lowest BCUT2D eigenvalue weighted by Gasteiger charge is -2.24. The van der Waals surface area contributed by atoms with Crippen LogP contribution in [0, 0.1) is 3.57 Å². The highest BCUT2D eigenvalue weighted by atomic mass is 127. The zero-order valence-electron chi connectivity index (χ0n) is 16.3. The van der Waals surface area contributed by atoms with E-state index in [9.17, 15) is 0 Å². The Morgan fingerprint density at radius 2 is 1.74 bits per heavy atom. The third-order valence-electron chi connectivity index (χ3n) is 5.93. The van der Waals surface area contributed by atoms with Crippen LogP contribution in [0.15, 0.2) is 78.4 Å². The standard InChI is InChI=1S/C26H25I/c1-5-8-20-17(6-2)9-7-10-21(20)18-11-13-22-23-14-12-19(27)16-25(23)26(3,4)24(22)15-18/h5-6,8-9,11-16H,2,7,10H2,1,3-4H3/b8-5-. The summed E-state index contributed by atoms with van der Waals surface area (Å²) in [7, 11) is 0. The smallest absolute Gasteiger partial charge is 0.0159 e. The predicted molar refractivity (Wildman–Crippen MR) is 126 cm³/mol. The van der Waals surface area contributed by atoms with Gasteiger partial charge in [-0.1, -0.05) is 62.9 Å². The Bertz CT molecular complexity index is 1030. The summed E-state index contributed by atoms with van der Waals surface area (Å²) in [5, 5.41) is 0. The summed E-state index contributed by atoms with van der Waals surface area (Å²) in [4.78, 5) is 0. The minimum atomic E-state index is 0.0367. The van der Waals surface area contributed by atoms with Crippen molar-refractivity contribution in [3.05, 3.63) is 98.7 Å². The van der Waals surface area contributed by atoms with Crippen molar-refractivity contribution in [2.24, 2.45) is 0 Å². The van der Waals surface area contributed by atoms with Gasteiger partial charge in [0, 0.05) is 8.99 Å². The lowest BCUT2D eigenvalue weighted by atomic mass is 9.80. The molecule has 2 aliphatic carbocycles. The van der Waals surface area contributed by atoms with Gasteiger partial charge in [0.15, 0.2) is 0 Å². The van der Waals surface area contributed by atoms with Gasteiger partial charge in [-0.25, -0.2) is 0 Å². The van der Waals surface area contributed by atoms with Crippen LogP contribution in [0.2, 0.25) is 0 Å². The molecule has 0 heterocycles. The fraction of sp³-hybridized carbons (Fsp3) is 0.231. The molecule has 2 aromatic rings. The van der Waals surface area contributed by atoms with Gasteiger partial charge in [-0.05, 0) is 105 Å². The quantitative estimate of drug-likeness (QED) is 0.406. The first-order valence-electron chi connectivity index (χ1n) is 9.61. The van der Waals surface area contributed by atoms with E-state index in [2.05, 4.69) is 105 Å². The topological polar surface area (TPSA) is 0 Å². The zero-order valence-corrected chi connectivity index (χ0v) is 18.4. The molecule has 4 rings (SSSR count). The molecule has 0 aromatic heterocycles. The average Bonchev–Trinajstić information content (AvgIpc) is 2.89. The maximum Gasteiger partial charge on any atom is 0.0159 e. The number of halogens is 1. The molecule has 0 unspecified atom stereocenters. The van der Waals surface area contributed by atoms with Gasteiger partial charge in [0.1, 0.15) is 0 Å². The van der Waals surface area contributed by atoms with E-state index in [0.29, 0.717) is 0 Å². The summed E-state index contributed by atoms with van der Waals surface area (Å²) in [5.74, 6) is 0. The molecule has 2 aliphatic rings. The maximum atomic E-state index is 4.02. The highest BCUT2D eigenvalue weighted by Crippen LogP contribution is 2.50. The summed E-state index contributed by atoms with van der Waals surface area (Å²) in [6.45, 7) is 10.8. The van der Waals surface area contributed by atoms with Gasteiger partial charge >= 0.3 is 0 Å². The molecular weight excluding hydrogens is 439 g/mol. The van der Waals surface area contributed by atoms with Crippen LogP contribution in [-0.4, -0.2) is 0 Å². The van der Waals surface area contributed by atoms with Crippen molar-refractivity contribution in [3.63, 3.8) is 0 Å². The van der Waals surface area contributed by atoms with Gasteiger partial charge in [0.2, 0.25) is 0 Å². The Morgan fingerprint density at radius 3 is 2.44 bits per heavy atom. The second-order valence-corrected chi connectivity index (χ2v) is 9.12. The monoisotopic (exact) mass is 464 g/mol. The van der Waals surface area contributed by atoms with Crippen LogP contribution in [-0.2, 0) is 5.41 Å². The van der Waals surface area contributed by atoms with Crippen molar-refractivity contribution >= 4 is 28.2 Å². The Balaban J connectivity index is 1.90. The minimum Gasteiger partial charge on any atom is -0.0985 e. The number of hydrogen-bond acceptors (Lipinski definition) is 0. The van der Waals surface area contributed by atoms with E-state index in [1.807, 2.05) is 6.08 Å². The fourth-order valence-corrected chi connectivity index (χ4v) is 5.04. The maximum absolute atomic E-state index is 4.02. The van der Waals surface area contributed by atoms with Gasteiger partial charge in [0.25, 0.3) is 0 Å². The molecule has 0 saturated heterocycles. The lowest BCUT2D eigenvalue weighted by Crippen LogP contribution is -2.15. The van der Waals surface area contributed by atoms with E-state index in [4.69, 9.17) is 0 Å². The largest absolute Gasteiger partial charge is 0.0985 e. The lowest BCUT2D eigenvalue weighted by molar-refractivity contribution is 0.659. The average molecular weight is 464 g/mol. The van der Waals surface area contributed by atoms with Gasteiger partial charge in [0.05, 0.1) is 0 Å². The summed E-state index contributed by atoms with van der Waals surface area (Å²) in [6, 6.07) is 13.9. The van der Waals surface area contributed by atoms with E-state index < -0.39 is 0 Å². The number of rotatable bonds is 3. The summed E-state index contributed by atoms with van der Waals surface area (Å²) < 4.78 is 1.30. The normalized spacial score (nSPS) is 17.7. The third kappa shape index (κ3) is 2.97. The van der Waals surface area contributed by atoms with Crippen molar-refractivity contribution < 1.29 is 0 Å². The molecule has 0 N–H and O–H groups in total. The fourth-order valence-electron chi connectivity index (χ4n) is 4.54. The zero-order chi connectivity index (χ0) is 19.2. The third-order valence-corrected chi connectivity index (χ3v) is 6.61. The SMILES string of the molecule is C=CC1=CCCC(c2ccc3c(c2)C(C)(C)c2cc(I)ccc2-3)=C1/C=C\C. The van der Waals surface area contributed by atoms with Crippen LogP contribution in [0.5, 0.6) is 0 Å². The Labute approximate surface area is 176 Å². The van der Waals surface area contributed by atoms with E-state index >= 15 is 0 Å². The van der Waals surface area contributed by atoms with Crippen molar-refractivity contribution in [2.75, 3.05) is 0 Å². The molecule has 136 valence electrons. The second-order valence-electron chi connectivity index (χ2n) is 7.87. The first-order valence-corrected chi connectivity index (χ1v) is 10.7. The molecular formula is C26H25I. The number of benzene rings is 2. The molecule has 0 aliphatic heterocycles. The van der Waals surface area contributed by atoms with Crippen molar-refractivity contribution in [3.8, 4) is 11.1 Å². The molecule has 0 nitrogen and oxygen atoms in total. The number of hydrogen-bond donors (Lipinski definition) is 0. The molecule has 0 saturated carbocycles. The van der Waals surface area contributed by atoms with Gasteiger partial charge in [-0.15, -0.1) is 0 Å². The predicted octanol–water partition coefficient (Wildman–Crippen LogP) is 7.83. The Kier molecular flexibility index (Phi) is 4.75. The molecule has 0 spiro atoms. The van der Waals surface area contributed by atoms with Crippen molar-refractivity contribution in [2.45, 2.75) is 39.0 Å². The second kappa shape index (κ2) is 6.94. The summed E-state index contributed by atoms with van der Waals surface area (Å²) in [6.07, 6.45) is 10.8. The van der Waals surface area contributed by atoms with Crippen LogP contribution in [0.25, 0.3) is 16.7 Å². The van der Waals surface area contributed by atoms with Gasteiger partial charge < -0.3 is 0 Å². The molecule has 0 atom stereocenters. The van der Waals surface area contributed by atoms with Crippen LogP contribution >= 0.6 is 22.6 Å². The molecule has 0 amide bonds.